The zero-order chi connectivity index (χ0) is 28.2. The predicted molar refractivity (Wildman–Crippen MR) is 154 cm³/mol. The summed E-state index contributed by atoms with van der Waals surface area (Å²) in [6, 6.07) is 17.2. The Labute approximate surface area is 225 Å². The lowest BCUT2D eigenvalue weighted by atomic mass is 9.81. The molecule has 2 aromatic carbocycles. The van der Waals surface area contributed by atoms with Gasteiger partial charge in [0.05, 0.1) is 54.4 Å². The SMILES string of the molecule is CC(C)(C)c1ccc(C(CC(=O)N(CC[N+](C)(C)[O-])CC[N+](C)(C)[O-])c2ccc(C(C)(C)C)cc2)cc1. The number of benzene rings is 2. The second kappa shape index (κ2) is 11.6. The van der Waals surface area contributed by atoms with Crippen LogP contribution in [0.15, 0.2) is 48.5 Å². The normalized spacial score (nSPS) is 13.2. The Kier molecular flexibility index (Phi) is 9.75. The number of quaternary nitrogens is 2. The van der Waals surface area contributed by atoms with E-state index in [9.17, 15) is 15.2 Å². The summed E-state index contributed by atoms with van der Waals surface area (Å²) in [6.07, 6.45) is 0.280. The van der Waals surface area contributed by atoms with Crippen LogP contribution in [-0.2, 0) is 15.6 Å². The lowest BCUT2D eigenvalue weighted by Crippen LogP contribution is -2.47. The first-order chi connectivity index (χ1) is 16.8. The van der Waals surface area contributed by atoms with Gasteiger partial charge in [-0.1, -0.05) is 90.1 Å². The summed E-state index contributed by atoms with van der Waals surface area (Å²) in [7, 11) is 6.30. The topological polar surface area (TPSA) is 66.4 Å². The third kappa shape index (κ3) is 10.2. The van der Waals surface area contributed by atoms with E-state index in [0.717, 1.165) is 11.1 Å². The molecule has 0 fully saturated rings. The molecule has 0 spiro atoms. The number of hydrogen-bond donors (Lipinski definition) is 0. The molecular weight excluding hydrogens is 462 g/mol. The van der Waals surface area contributed by atoms with E-state index in [1.165, 1.54) is 11.1 Å². The highest BCUT2D eigenvalue weighted by atomic mass is 16.5. The second-order valence-corrected chi connectivity index (χ2v) is 13.5. The van der Waals surface area contributed by atoms with Crippen LogP contribution in [0, 0.1) is 10.4 Å². The second-order valence-electron chi connectivity index (χ2n) is 13.5. The van der Waals surface area contributed by atoms with Gasteiger partial charge in [0.25, 0.3) is 0 Å². The van der Waals surface area contributed by atoms with Crippen molar-refractivity contribution in [2.24, 2.45) is 0 Å². The van der Waals surface area contributed by atoms with Crippen molar-refractivity contribution in [1.29, 1.82) is 0 Å². The van der Waals surface area contributed by atoms with Crippen LogP contribution in [0.2, 0.25) is 0 Å². The van der Waals surface area contributed by atoms with Crippen molar-refractivity contribution >= 4 is 5.91 Å². The number of hydroxylamine groups is 6. The molecule has 37 heavy (non-hydrogen) atoms. The monoisotopic (exact) mass is 511 g/mol. The Bertz CT molecular complexity index is 927. The molecule has 0 bridgehead atoms. The molecule has 0 heterocycles. The minimum absolute atomic E-state index is 0.0355. The minimum Gasteiger partial charge on any atom is -0.633 e. The van der Waals surface area contributed by atoms with Gasteiger partial charge in [-0.3, -0.25) is 4.79 Å². The Balaban J connectivity index is 2.42. The van der Waals surface area contributed by atoms with Gasteiger partial charge in [-0.2, -0.15) is 0 Å². The van der Waals surface area contributed by atoms with Gasteiger partial charge in [0.1, 0.15) is 0 Å². The van der Waals surface area contributed by atoms with Gasteiger partial charge in [-0.05, 0) is 33.1 Å². The average Bonchev–Trinajstić information content (AvgIpc) is 2.75. The van der Waals surface area contributed by atoms with Gasteiger partial charge >= 0.3 is 0 Å². The Morgan fingerprint density at radius 3 is 1.30 bits per heavy atom. The number of hydrogen-bond acceptors (Lipinski definition) is 3. The molecule has 0 unspecified atom stereocenters. The first-order valence-corrected chi connectivity index (χ1v) is 13.3. The molecule has 206 valence electrons. The molecule has 0 saturated heterocycles. The van der Waals surface area contributed by atoms with Crippen LogP contribution in [0.4, 0.5) is 0 Å². The molecule has 0 aliphatic rings. The molecule has 0 atom stereocenters. The molecule has 6 nitrogen and oxygen atoms in total. The van der Waals surface area contributed by atoms with Crippen LogP contribution < -0.4 is 0 Å². The van der Waals surface area contributed by atoms with Crippen molar-refractivity contribution in [2.45, 2.75) is 64.7 Å². The first kappa shape index (κ1) is 31.0. The van der Waals surface area contributed by atoms with Crippen molar-refractivity contribution < 1.29 is 14.1 Å². The Morgan fingerprint density at radius 2 is 1.03 bits per heavy atom. The van der Waals surface area contributed by atoms with Gasteiger partial charge in [0.2, 0.25) is 5.91 Å². The summed E-state index contributed by atoms with van der Waals surface area (Å²) in [5.74, 6) is -0.158. The summed E-state index contributed by atoms with van der Waals surface area (Å²) in [5.41, 5.74) is 4.76. The minimum atomic E-state index is -0.481. The summed E-state index contributed by atoms with van der Waals surface area (Å²) in [4.78, 5) is 15.4. The lowest BCUT2D eigenvalue weighted by molar-refractivity contribution is -0.842. The number of carbonyl (C=O) groups is 1. The number of likely N-dealkylation sites (N-methyl/N-ethyl adjacent to an activating group) is 2. The highest BCUT2D eigenvalue weighted by Crippen LogP contribution is 2.33. The predicted octanol–water partition coefficient (Wildman–Crippen LogP) is 5.78. The van der Waals surface area contributed by atoms with Crippen LogP contribution in [0.1, 0.15) is 76.1 Å². The summed E-state index contributed by atoms with van der Waals surface area (Å²) in [5, 5.41) is 24.5. The summed E-state index contributed by atoms with van der Waals surface area (Å²) >= 11 is 0. The van der Waals surface area contributed by atoms with Crippen molar-refractivity contribution in [3.8, 4) is 0 Å². The third-order valence-electron chi connectivity index (χ3n) is 6.91. The zero-order valence-electron chi connectivity index (χ0n) is 24.8. The highest BCUT2D eigenvalue weighted by molar-refractivity contribution is 5.78. The van der Waals surface area contributed by atoms with E-state index < -0.39 is 9.29 Å². The average molecular weight is 512 g/mol. The van der Waals surface area contributed by atoms with E-state index >= 15 is 0 Å². The molecule has 2 rings (SSSR count). The first-order valence-electron chi connectivity index (χ1n) is 13.3. The van der Waals surface area contributed by atoms with Crippen molar-refractivity contribution in [2.75, 3.05) is 54.4 Å². The number of amides is 1. The number of carbonyl (C=O) groups excluding carboxylic acids is 1. The molecule has 0 aliphatic carbocycles. The molecule has 0 N–H and O–H groups in total. The molecule has 2 aromatic rings. The maximum Gasteiger partial charge on any atom is 0.223 e. The maximum absolute atomic E-state index is 13.7. The quantitative estimate of drug-likeness (QED) is 0.300. The fourth-order valence-corrected chi connectivity index (χ4v) is 4.25. The number of rotatable bonds is 10. The van der Waals surface area contributed by atoms with E-state index in [1.54, 1.807) is 33.1 Å². The van der Waals surface area contributed by atoms with Crippen LogP contribution in [-0.4, -0.2) is 74.5 Å². The van der Waals surface area contributed by atoms with E-state index in [4.69, 9.17) is 0 Å². The van der Waals surface area contributed by atoms with Crippen molar-refractivity contribution in [3.63, 3.8) is 0 Å². The molecular formula is C31H49N3O3. The van der Waals surface area contributed by atoms with Crippen LogP contribution >= 0.6 is 0 Å². The number of nitrogens with zero attached hydrogens (tertiary/aromatic N) is 3. The smallest absolute Gasteiger partial charge is 0.223 e. The van der Waals surface area contributed by atoms with Gasteiger partial charge in [-0.15, -0.1) is 0 Å². The van der Waals surface area contributed by atoms with E-state index in [-0.39, 0.29) is 42.2 Å². The largest absolute Gasteiger partial charge is 0.633 e. The highest BCUT2D eigenvalue weighted by Gasteiger charge is 2.25. The van der Waals surface area contributed by atoms with Gasteiger partial charge in [0, 0.05) is 12.3 Å². The van der Waals surface area contributed by atoms with E-state index in [2.05, 4.69) is 90.1 Å². The van der Waals surface area contributed by atoms with Crippen LogP contribution in [0.5, 0.6) is 0 Å². The zero-order valence-corrected chi connectivity index (χ0v) is 24.8. The fourth-order valence-electron chi connectivity index (χ4n) is 4.25. The van der Waals surface area contributed by atoms with Crippen LogP contribution in [0.25, 0.3) is 0 Å². The molecule has 0 aliphatic heterocycles. The third-order valence-corrected chi connectivity index (χ3v) is 6.91. The molecule has 6 heteroatoms. The van der Waals surface area contributed by atoms with Gasteiger partial charge in [0.15, 0.2) is 0 Å². The standard InChI is InChI=1S/C31H49N3O3/c1-30(2,3)26-15-11-24(12-16-26)28(25-13-17-27(18-14-25)31(4,5)6)23-29(35)32(19-21-33(7,8)36)20-22-34(9,10)37/h11-18,28H,19-23H2,1-10H3. The molecule has 0 aromatic heterocycles. The van der Waals surface area contributed by atoms with Gasteiger partial charge in [-0.25, -0.2) is 0 Å². The van der Waals surface area contributed by atoms with Gasteiger partial charge < -0.3 is 24.6 Å². The summed E-state index contributed by atoms with van der Waals surface area (Å²) in [6.45, 7) is 14.4. The van der Waals surface area contributed by atoms with Crippen molar-refractivity contribution in [3.05, 3.63) is 81.2 Å². The van der Waals surface area contributed by atoms with E-state index in [1.807, 2.05) is 0 Å². The molecule has 0 radical (unpaired) electrons. The maximum atomic E-state index is 13.7. The Hall–Kier alpha value is -2.25. The van der Waals surface area contributed by atoms with Crippen LogP contribution in [0.3, 0.4) is 0 Å². The lowest BCUT2D eigenvalue weighted by Gasteiger charge is -2.38. The van der Waals surface area contributed by atoms with Crippen molar-refractivity contribution in [1.82, 2.24) is 4.90 Å². The Morgan fingerprint density at radius 1 is 0.703 bits per heavy atom. The van der Waals surface area contributed by atoms with E-state index in [0.29, 0.717) is 13.1 Å². The summed E-state index contributed by atoms with van der Waals surface area (Å²) < 4.78 is -0.962. The fraction of sp³-hybridized carbons (Fsp3) is 0.581. The molecule has 1 amide bonds. The molecule has 0 saturated carbocycles.